The molecule has 0 amide bonds. The first-order chi connectivity index (χ1) is 9.19. The van der Waals surface area contributed by atoms with Gasteiger partial charge in [0.15, 0.2) is 0 Å². The number of aryl methyl sites for hydroxylation is 1. The summed E-state index contributed by atoms with van der Waals surface area (Å²) in [5, 5.41) is 3.52. The molecule has 1 rings (SSSR count). The molecule has 0 aliphatic rings. The number of likely N-dealkylation sites (N-methyl/N-ethyl adjacent to an activating group) is 2. The molecule has 0 aromatic heterocycles. The number of rotatable bonds is 8. The van der Waals surface area contributed by atoms with Gasteiger partial charge in [0.05, 0.1) is 0 Å². The number of benzene rings is 1. The summed E-state index contributed by atoms with van der Waals surface area (Å²) in [6.45, 7) is 10.1. The molecular weight excluding hydrogens is 232 g/mol. The van der Waals surface area contributed by atoms with Gasteiger partial charge >= 0.3 is 0 Å². The molecule has 108 valence electrons. The maximum Gasteiger partial charge on any atom is 0.0440 e. The van der Waals surface area contributed by atoms with Crippen molar-refractivity contribution in [3.63, 3.8) is 0 Å². The Hall–Kier alpha value is -1.02. The zero-order chi connectivity index (χ0) is 14.3. The van der Waals surface area contributed by atoms with Crippen molar-refractivity contribution in [3.8, 4) is 0 Å². The summed E-state index contributed by atoms with van der Waals surface area (Å²) in [5.74, 6) is 0. The van der Waals surface area contributed by atoms with E-state index in [9.17, 15) is 0 Å². The Kier molecular flexibility index (Phi) is 6.93. The minimum atomic E-state index is 0.564. The maximum atomic E-state index is 3.52. The SMILES string of the molecule is CCCC(NC)C(CC)N(CC)c1ccccc1C. The van der Waals surface area contributed by atoms with Gasteiger partial charge in [-0.1, -0.05) is 38.5 Å². The smallest absolute Gasteiger partial charge is 0.0440 e. The van der Waals surface area contributed by atoms with Crippen LogP contribution in [0.4, 0.5) is 5.69 Å². The Bertz CT molecular complexity index is 362. The molecule has 0 saturated carbocycles. The average molecular weight is 262 g/mol. The van der Waals surface area contributed by atoms with Crippen LogP contribution < -0.4 is 10.2 Å². The molecule has 19 heavy (non-hydrogen) atoms. The Labute approximate surface area is 119 Å². The van der Waals surface area contributed by atoms with Crippen LogP contribution in [0.3, 0.4) is 0 Å². The van der Waals surface area contributed by atoms with E-state index in [-0.39, 0.29) is 0 Å². The molecule has 2 nitrogen and oxygen atoms in total. The molecule has 0 fully saturated rings. The van der Waals surface area contributed by atoms with Gasteiger partial charge in [-0.3, -0.25) is 0 Å². The first-order valence-electron chi connectivity index (χ1n) is 7.69. The van der Waals surface area contributed by atoms with Gasteiger partial charge in [-0.2, -0.15) is 0 Å². The molecule has 0 radical (unpaired) electrons. The quantitative estimate of drug-likeness (QED) is 0.762. The van der Waals surface area contributed by atoms with E-state index >= 15 is 0 Å². The van der Waals surface area contributed by atoms with Crippen molar-refractivity contribution in [2.45, 2.75) is 59.0 Å². The minimum absolute atomic E-state index is 0.564. The van der Waals surface area contributed by atoms with E-state index in [0.29, 0.717) is 12.1 Å². The number of para-hydroxylation sites is 1. The van der Waals surface area contributed by atoms with Crippen LogP contribution in [0.15, 0.2) is 24.3 Å². The fourth-order valence-electron chi connectivity index (χ4n) is 3.03. The molecule has 0 bridgehead atoms. The van der Waals surface area contributed by atoms with E-state index in [1.807, 2.05) is 0 Å². The van der Waals surface area contributed by atoms with Crippen molar-refractivity contribution in [1.29, 1.82) is 0 Å². The molecule has 0 heterocycles. The van der Waals surface area contributed by atoms with Crippen LogP contribution in [0.1, 0.15) is 45.6 Å². The highest BCUT2D eigenvalue weighted by Crippen LogP contribution is 2.25. The Balaban J connectivity index is 3.01. The highest BCUT2D eigenvalue weighted by atomic mass is 15.2. The van der Waals surface area contributed by atoms with Crippen LogP contribution in [-0.4, -0.2) is 25.7 Å². The predicted molar refractivity (Wildman–Crippen MR) is 86.0 cm³/mol. The molecule has 0 aliphatic heterocycles. The van der Waals surface area contributed by atoms with Gasteiger partial charge in [0, 0.05) is 24.3 Å². The number of nitrogens with zero attached hydrogens (tertiary/aromatic N) is 1. The fourth-order valence-corrected chi connectivity index (χ4v) is 3.03. The van der Waals surface area contributed by atoms with Crippen molar-refractivity contribution < 1.29 is 0 Å². The summed E-state index contributed by atoms with van der Waals surface area (Å²) in [6.07, 6.45) is 3.64. The summed E-state index contributed by atoms with van der Waals surface area (Å²) >= 11 is 0. The van der Waals surface area contributed by atoms with Crippen LogP contribution in [0, 0.1) is 6.92 Å². The monoisotopic (exact) mass is 262 g/mol. The van der Waals surface area contributed by atoms with Crippen molar-refractivity contribution in [3.05, 3.63) is 29.8 Å². The lowest BCUT2D eigenvalue weighted by atomic mass is 9.98. The van der Waals surface area contributed by atoms with Crippen molar-refractivity contribution in [1.82, 2.24) is 5.32 Å². The summed E-state index contributed by atoms with van der Waals surface area (Å²) in [6, 6.07) is 9.85. The zero-order valence-electron chi connectivity index (χ0n) is 13.2. The maximum absolute atomic E-state index is 3.52. The van der Waals surface area contributed by atoms with Gasteiger partial charge < -0.3 is 10.2 Å². The van der Waals surface area contributed by atoms with Crippen LogP contribution >= 0.6 is 0 Å². The number of nitrogens with one attached hydrogen (secondary N) is 1. The fraction of sp³-hybridized carbons (Fsp3) is 0.647. The lowest BCUT2D eigenvalue weighted by molar-refractivity contribution is 0.399. The number of hydrogen-bond donors (Lipinski definition) is 1. The second-order valence-corrected chi connectivity index (χ2v) is 5.23. The first kappa shape index (κ1) is 16.0. The number of anilines is 1. The third-order valence-corrected chi connectivity index (χ3v) is 4.02. The van der Waals surface area contributed by atoms with E-state index in [2.05, 4.69) is 69.2 Å². The van der Waals surface area contributed by atoms with Gasteiger partial charge in [-0.25, -0.2) is 0 Å². The molecule has 1 N–H and O–H groups in total. The van der Waals surface area contributed by atoms with E-state index in [1.54, 1.807) is 0 Å². The van der Waals surface area contributed by atoms with Crippen molar-refractivity contribution >= 4 is 5.69 Å². The standard InChI is InChI=1S/C17H30N2/c1-6-11-15(18-5)16(7-2)19(8-3)17-13-10-9-12-14(17)4/h9-10,12-13,15-16,18H,6-8,11H2,1-5H3. The Morgan fingerprint density at radius 3 is 2.32 bits per heavy atom. The van der Waals surface area contributed by atoms with Crippen molar-refractivity contribution in [2.24, 2.45) is 0 Å². The third-order valence-electron chi connectivity index (χ3n) is 4.02. The second-order valence-electron chi connectivity index (χ2n) is 5.23. The first-order valence-corrected chi connectivity index (χ1v) is 7.69. The van der Waals surface area contributed by atoms with Crippen LogP contribution in [0.2, 0.25) is 0 Å². The summed E-state index contributed by atoms with van der Waals surface area (Å²) in [7, 11) is 2.09. The molecule has 0 spiro atoms. The molecule has 1 aromatic rings. The molecule has 2 unspecified atom stereocenters. The van der Waals surface area contributed by atoms with Gasteiger partial charge in [-0.15, -0.1) is 0 Å². The lowest BCUT2D eigenvalue weighted by Crippen LogP contribution is -2.49. The average Bonchev–Trinajstić information content (AvgIpc) is 2.44. The van der Waals surface area contributed by atoms with Crippen LogP contribution in [0.5, 0.6) is 0 Å². The van der Waals surface area contributed by atoms with Crippen LogP contribution in [0.25, 0.3) is 0 Å². The predicted octanol–water partition coefficient (Wildman–Crippen LogP) is 3.99. The normalized spacial score (nSPS) is 14.2. The van der Waals surface area contributed by atoms with E-state index in [0.717, 1.165) is 6.54 Å². The molecule has 1 aromatic carbocycles. The molecular formula is C17H30N2. The molecule has 0 aliphatic carbocycles. The molecule has 0 saturated heterocycles. The Morgan fingerprint density at radius 1 is 1.16 bits per heavy atom. The Morgan fingerprint density at radius 2 is 1.84 bits per heavy atom. The van der Waals surface area contributed by atoms with E-state index in [1.165, 1.54) is 30.5 Å². The van der Waals surface area contributed by atoms with E-state index < -0.39 is 0 Å². The lowest BCUT2D eigenvalue weighted by Gasteiger charge is -2.38. The third kappa shape index (κ3) is 3.97. The van der Waals surface area contributed by atoms with Gasteiger partial charge in [0.25, 0.3) is 0 Å². The van der Waals surface area contributed by atoms with Gasteiger partial charge in [0.1, 0.15) is 0 Å². The largest absolute Gasteiger partial charge is 0.367 e. The summed E-state index contributed by atoms with van der Waals surface area (Å²) in [4.78, 5) is 2.56. The van der Waals surface area contributed by atoms with E-state index in [4.69, 9.17) is 0 Å². The van der Waals surface area contributed by atoms with Crippen LogP contribution in [-0.2, 0) is 0 Å². The van der Waals surface area contributed by atoms with Gasteiger partial charge in [0.2, 0.25) is 0 Å². The van der Waals surface area contributed by atoms with Gasteiger partial charge in [-0.05, 0) is 45.4 Å². The zero-order valence-corrected chi connectivity index (χ0v) is 13.2. The summed E-state index contributed by atoms with van der Waals surface area (Å²) in [5.41, 5.74) is 2.75. The highest BCUT2D eigenvalue weighted by Gasteiger charge is 2.24. The molecule has 2 atom stereocenters. The summed E-state index contributed by atoms with van der Waals surface area (Å²) < 4.78 is 0. The topological polar surface area (TPSA) is 15.3 Å². The molecule has 2 heteroatoms. The number of hydrogen-bond acceptors (Lipinski definition) is 2. The highest BCUT2D eigenvalue weighted by molar-refractivity contribution is 5.54. The van der Waals surface area contributed by atoms with Crippen molar-refractivity contribution in [2.75, 3.05) is 18.5 Å². The minimum Gasteiger partial charge on any atom is -0.367 e. The second kappa shape index (κ2) is 8.21.